The number of hydrogen-bond donors (Lipinski definition) is 1. The van der Waals surface area contributed by atoms with Gasteiger partial charge in [0.2, 0.25) is 0 Å². The van der Waals surface area contributed by atoms with E-state index >= 15 is 0 Å². The predicted molar refractivity (Wildman–Crippen MR) is 151 cm³/mol. The third-order valence-electron chi connectivity index (χ3n) is 8.60. The van der Waals surface area contributed by atoms with E-state index in [1.54, 1.807) is 4.90 Å². The number of carbonyl (C=O) groups excluding carboxylic acids is 2. The summed E-state index contributed by atoms with van der Waals surface area (Å²) in [5, 5.41) is 9.29. The standard InChI is InChI=1S/C32H40N2O6/c1-31(2,3)40-30(38)34-20-16-27(32(34)17-8-9-18-32)33(19-10-15-28(35)36)29(37)39-21-26-24-13-6-4-11-22(24)23-12-5-7-14-25(23)26/h4-7,11-14,26-27H,8-10,15-21H2,1-3H3,(H,35,36). The van der Waals surface area contributed by atoms with Crippen LogP contribution in [-0.4, -0.2) is 69.9 Å². The first-order valence-corrected chi connectivity index (χ1v) is 14.4. The van der Waals surface area contributed by atoms with Gasteiger partial charge >= 0.3 is 18.2 Å². The maximum atomic E-state index is 13.9. The molecule has 1 heterocycles. The van der Waals surface area contributed by atoms with Crippen LogP contribution in [0.2, 0.25) is 0 Å². The van der Waals surface area contributed by atoms with Crippen molar-refractivity contribution >= 4 is 18.2 Å². The van der Waals surface area contributed by atoms with E-state index in [-0.39, 0.29) is 37.6 Å². The molecule has 2 aliphatic carbocycles. The highest BCUT2D eigenvalue weighted by atomic mass is 16.6. The van der Waals surface area contributed by atoms with Gasteiger partial charge in [0.05, 0.1) is 11.6 Å². The minimum Gasteiger partial charge on any atom is -0.481 e. The maximum Gasteiger partial charge on any atom is 0.410 e. The molecule has 8 heteroatoms. The van der Waals surface area contributed by atoms with Crippen molar-refractivity contribution in [3.63, 3.8) is 0 Å². The maximum absolute atomic E-state index is 13.9. The Kier molecular flexibility index (Phi) is 7.80. The monoisotopic (exact) mass is 548 g/mol. The number of carboxylic acids is 1. The average Bonchev–Trinajstić information content (AvgIpc) is 3.61. The summed E-state index contributed by atoms with van der Waals surface area (Å²) in [5.74, 6) is -0.968. The molecule has 1 aliphatic heterocycles. The summed E-state index contributed by atoms with van der Waals surface area (Å²) >= 11 is 0. The number of hydrogen-bond acceptors (Lipinski definition) is 5. The highest BCUT2D eigenvalue weighted by molar-refractivity contribution is 5.79. The van der Waals surface area contributed by atoms with Crippen molar-refractivity contribution in [3.05, 3.63) is 59.7 Å². The van der Waals surface area contributed by atoms with E-state index in [0.29, 0.717) is 19.4 Å². The number of carboxylic acid groups (broad SMARTS) is 1. The molecule has 1 unspecified atom stereocenters. The zero-order valence-corrected chi connectivity index (χ0v) is 23.7. The number of aliphatic carboxylic acids is 1. The molecule has 2 fully saturated rings. The number of benzene rings is 2. The number of carbonyl (C=O) groups is 3. The molecule has 5 rings (SSSR count). The molecule has 214 valence electrons. The van der Waals surface area contributed by atoms with Gasteiger partial charge < -0.3 is 24.4 Å². The van der Waals surface area contributed by atoms with Crippen molar-refractivity contribution in [2.45, 2.75) is 88.8 Å². The van der Waals surface area contributed by atoms with Crippen molar-refractivity contribution in [2.24, 2.45) is 0 Å². The van der Waals surface area contributed by atoms with E-state index in [4.69, 9.17) is 9.47 Å². The normalized spacial score (nSPS) is 19.4. The van der Waals surface area contributed by atoms with Gasteiger partial charge in [-0.05, 0) is 68.7 Å². The number of likely N-dealkylation sites (tertiary alicyclic amines) is 1. The molecular weight excluding hydrogens is 508 g/mol. The highest BCUT2D eigenvalue weighted by Crippen LogP contribution is 2.47. The smallest absolute Gasteiger partial charge is 0.410 e. The van der Waals surface area contributed by atoms with Gasteiger partial charge in [-0.3, -0.25) is 4.79 Å². The van der Waals surface area contributed by atoms with Gasteiger partial charge in [0, 0.05) is 25.4 Å². The third kappa shape index (κ3) is 5.40. The molecule has 1 N–H and O–H groups in total. The number of fused-ring (bicyclic) bond motifs is 3. The van der Waals surface area contributed by atoms with Crippen molar-refractivity contribution in [1.82, 2.24) is 9.80 Å². The molecule has 8 nitrogen and oxygen atoms in total. The van der Waals surface area contributed by atoms with E-state index in [1.165, 1.54) is 0 Å². The largest absolute Gasteiger partial charge is 0.481 e. The molecule has 2 aromatic rings. The Bertz CT molecular complexity index is 1220. The number of rotatable bonds is 7. The minimum absolute atomic E-state index is 0.0390. The van der Waals surface area contributed by atoms with Crippen LogP contribution >= 0.6 is 0 Å². The quantitative estimate of drug-likeness (QED) is 0.429. The Morgan fingerprint density at radius 3 is 2.17 bits per heavy atom. The van der Waals surface area contributed by atoms with Gasteiger partial charge in [-0.25, -0.2) is 9.59 Å². The summed E-state index contributed by atoms with van der Waals surface area (Å²) in [4.78, 5) is 42.0. The molecule has 1 saturated carbocycles. The van der Waals surface area contributed by atoms with Crippen molar-refractivity contribution < 1.29 is 29.0 Å². The molecule has 0 radical (unpaired) electrons. The highest BCUT2D eigenvalue weighted by Gasteiger charge is 2.56. The van der Waals surface area contributed by atoms with Crippen LogP contribution in [-0.2, 0) is 14.3 Å². The number of amides is 2. The summed E-state index contributed by atoms with van der Waals surface area (Å²) in [5.41, 5.74) is 3.44. The van der Waals surface area contributed by atoms with Gasteiger partial charge in [-0.15, -0.1) is 0 Å². The topological polar surface area (TPSA) is 96.4 Å². The fraction of sp³-hybridized carbons (Fsp3) is 0.531. The fourth-order valence-electron chi connectivity index (χ4n) is 7.00. The van der Waals surface area contributed by atoms with Crippen LogP contribution < -0.4 is 0 Å². The molecule has 1 atom stereocenters. The molecule has 0 bridgehead atoms. The molecular formula is C32H40N2O6. The average molecular weight is 549 g/mol. The fourth-order valence-corrected chi connectivity index (χ4v) is 7.00. The molecule has 1 saturated heterocycles. The van der Waals surface area contributed by atoms with Crippen molar-refractivity contribution in [1.29, 1.82) is 0 Å². The Morgan fingerprint density at radius 2 is 1.60 bits per heavy atom. The molecule has 2 aromatic carbocycles. The van der Waals surface area contributed by atoms with Crippen LogP contribution in [0.1, 0.15) is 82.8 Å². The van der Waals surface area contributed by atoms with Crippen LogP contribution in [0.4, 0.5) is 9.59 Å². The Labute approximate surface area is 236 Å². The summed E-state index contributed by atoms with van der Waals surface area (Å²) < 4.78 is 11.8. The van der Waals surface area contributed by atoms with E-state index in [2.05, 4.69) is 24.3 Å². The van der Waals surface area contributed by atoms with Crippen LogP contribution in [0.3, 0.4) is 0 Å². The van der Waals surface area contributed by atoms with Crippen molar-refractivity contribution in [3.8, 4) is 11.1 Å². The second kappa shape index (κ2) is 11.1. The first-order chi connectivity index (χ1) is 19.1. The Balaban J connectivity index is 1.38. The lowest BCUT2D eigenvalue weighted by atomic mass is 9.88. The van der Waals surface area contributed by atoms with Gasteiger partial charge in [0.25, 0.3) is 0 Å². The van der Waals surface area contributed by atoms with Crippen LogP contribution in [0.25, 0.3) is 11.1 Å². The van der Waals surface area contributed by atoms with Crippen LogP contribution in [0.15, 0.2) is 48.5 Å². The Morgan fingerprint density at radius 1 is 1.00 bits per heavy atom. The summed E-state index contributed by atoms with van der Waals surface area (Å²) in [6.07, 6.45) is 3.57. The summed E-state index contributed by atoms with van der Waals surface area (Å²) in [6.45, 7) is 6.51. The second-order valence-corrected chi connectivity index (χ2v) is 12.2. The first kappa shape index (κ1) is 28.0. The number of ether oxygens (including phenoxy) is 2. The molecule has 3 aliphatic rings. The van der Waals surface area contributed by atoms with Crippen LogP contribution in [0.5, 0.6) is 0 Å². The molecule has 1 spiro atoms. The van der Waals surface area contributed by atoms with Gasteiger partial charge in [0.1, 0.15) is 12.2 Å². The first-order valence-electron chi connectivity index (χ1n) is 14.4. The summed E-state index contributed by atoms with van der Waals surface area (Å²) in [7, 11) is 0. The lowest BCUT2D eigenvalue weighted by molar-refractivity contribution is -0.137. The molecule has 40 heavy (non-hydrogen) atoms. The van der Waals surface area contributed by atoms with E-state index in [0.717, 1.165) is 47.9 Å². The predicted octanol–water partition coefficient (Wildman–Crippen LogP) is 6.42. The van der Waals surface area contributed by atoms with E-state index in [9.17, 15) is 19.5 Å². The molecule has 2 amide bonds. The minimum atomic E-state index is -0.898. The van der Waals surface area contributed by atoms with Crippen molar-refractivity contribution in [2.75, 3.05) is 19.7 Å². The zero-order valence-electron chi connectivity index (χ0n) is 23.7. The van der Waals surface area contributed by atoms with Gasteiger partial charge in [-0.2, -0.15) is 0 Å². The van der Waals surface area contributed by atoms with E-state index < -0.39 is 23.2 Å². The van der Waals surface area contributed by atoms with Gasteiger partial charge in [-0.1, -0.05) is 61.4 Å². The molecule has 0 aromatic heterocycles. The Hall–Kier alpha value is -3.55. The van der Waals surface area contributed by atoms with Gasteiger partial charge in [0.15, 0.2) is 0 Å². The zero-order chi connectivity index (χ0) is 28.5. The second-order valence-electron chi connectivity index (χ2n) is 12.2. The lowest BCUT2D eigenvalue weighted by Crippen LogP contribution is -2.58. The third-order valence-corrected chi connectivity index (χ3v) is 8.60. The number of nitrogens with zero attached hydrogens (tertiary/aromatic N) is 2. The lowest BCUT2D eigenvalue weighted by Gasteiger charge is -2.43. The van der Waals surface area contributed by atoms with Crippen LogP contribution in [0, 0.1) is 0 Å². The SMILES string of the molecule is CC(C)(C)OC(=O)N1CCC(N(CCCC(=O)O)C(=O)OCC2c3ccccc3-c3ccccc32)C12CCCC2. The summed E-state index contributed by atoms with van der Waals surface area (Å²) in [6, 6.07) is 16.2. The van der Waals surface area contributed by atoms with E-state index in [1.807, 2.05) is 49.9 Å².